The molecule has 6 heteroatoms. The van der Waals surface area contributed by atoms with Crippen LogP contribution < -0.4 is 5.32 Å². The summed E-state index contributed by atoms with van der Waals surface area (Å²) in [4.78, 5) is 22.7. The molecule has 0 aromatic heterocycles. The summed E-state index contributed by atoms with van der Waals surface area (Å²) >= 11 is 0. The standard InChI is InChI=1S/C15H13F2NO.C11H19BO.C2H6/c1-10(19)18-9-11-2-4-12(5-3-11)13-6-14(16)8-15(17)7-13;1-9-5-7-12(8-6-9)11(13)10-3-2-4-10;1-2/h2-8H,9H2,1H3,(H,18,19);9-10H,2-8H2,1H3;1-2H3. The van der Waals surface area contributed by atoms with Crippen LogP contribution in [0.5, 0.6) is 0 Å². The summed E-state index contributed by atoms with van der Waals surface area (Å²) in [5.74, 6) is 0.0368. The number of carbonyl (C=O) groups excluding carboxylic acids is 2. The maximum Gasteiger partial charge on any atom is 0.223 e. The highest BCUT2D eigenvalue weighted by molar-refractivity contribution is 6.90. The van der Waals surface area contributed by atoms with Gasteiger partial charge in [-0.05, 0) is 47.6 Å². The molecule has 0 spiro atoms. The van der Waals surface area contributed by atoms with Gasteiger partial charge in [-0.2, -0.15) is 0 Å². The summed E-state index contributed by atoms with van der Waals surface area (Å²) < 4.78 is 26.2. The van der Waals surface area contributed by atoms with E-state index in [9.17, 15) is 18.4 Å². The number of hydrogen-bond donors (Lipinski definition) is 1. The van der Waals surface area contributed by atoms with Gasteiger partial charge in [-0.1, -0.05) is 76.9 Å². The van der Waals surface area contributed by atoms with Crippen molar-refractivity contribution in [3.05, 3.63) is 59.7 Å². The minimum absolute atomic E-state index is 0.101. The molecule has 1 heterocycles. The third kappa shape index (κ3) is 8.70. The van der Waals surface area contributed by atoms with Gasteiger partial charge in [0.2, 0.25) is 12.6 Å². The van der Waals surface area contributed by atoms with Crippen LogP contribution in [0.15, 0.2) is 42.5 Å². The van der Waals surface area contributed by atoms with Gasteiger partial charge >= 0.3 is 0 Å². The fourth-order valence-electron chi connectivity index (χ4n) is 4.33. The van der Waals surface area contributed by atoms with E-state index in [1.165, 1.54) is 63.8 Å². The molecule has 1 N–H and O–H groups in total. The Morgan fingerprint density at radius 2 is 1.47 bits per heavy atom. The van der Waals surface area contributed by atoms with E-state index in [2.05, 4.69) is 12.2 Å². The molecule has 1 saturated heterocycles. The Balaban J connectivity index is 0.000000237. The topological polar surface area (TPSA) is 46.2 Å². The molecule has 0 unspecified atom stereocenters. The minimum Gasteiger partial charge on any atom is -0.352 e. The summed E-state index contributed by atoms with van der Waals surface area (Å²) in [6, 6.07) is 10.6. The predicted molar refractivity (Wildman–Crippen MR) is 137 cm³/mol. The van der Waals surface area contributed by atoms with Crippen LogP contribution >= 0.6 is 0 Å². The maximum absolute atomic E-state index is 13.1. The summed E-state index contributed by atoms with van der Waals surface area (Å²) in [6.45, 7) is 8.64. The van der Waals surface area contributed by atoms with Gasteiger partial charge in [-0.3, -0.25) is 4.79 Å². The van der Waals surface area contributed by atoms with Crippen LogP contribution in [0.4, 0.5) is 8.78 Å². The van der Waals surface area contributed by atoms with E-state index in [-0.39, 0.29) is 5.91 Å². The van der Waals surface area contributed by atoms with Gasteiger partial charge in [0.05, 0.1) is 5.68 Å². The Hall–Kier alpha value is -2.50. The lowest BCUT2D eigenvalue weighted by Crippen LogP contribution is -2.37. The Kier molecular flexibility index (Phi) is 11.5. The quantitative estimate of drug-likeness (QED) is 0.474. The molecule has 0 bridgehead atoms. The first-order valence-electron chi connectivity index (χ1n) is 12.7. The van der Waals surface area contributed by atoms with Crippen molar-refractivity contribution in [2.24, 2.45) is 11.8 Å². The Labute approximate surface area is 203 Å². The van der Waals surface area contributed by atoms with Crippen molar-refractivity contribution >= 4 is 18.3 Å². The normalized spacial score (nSPS) is 15.8. The van der Waals surface area contributed by atoms with Gasteiger partial charge in [-0.25, -0.2) is 8.78 Å². The number of hydrogen-bond acceptors (Lipinski definition) is 2. The molecule has 2 aromatic rings. The van der Waals surface area contributed by atoms with Crippen molar-refractivity contribution < 1.29 is 18.4 Å². The van der Waals surface area contributed by atoms with E-state index in [0.717, 1.165) is 23.1 Å². The fourth-order valence-corrected chi connectivity index (χ4v) is 4.33. The molecule has 2 aromatic carbocycles. The van der Waals surface area contributed by atoms with E-state index in [1.54, 1.807) is 12.1 Å². The average Bonchev–Trinajstić information content (AvgIpc) is 2.78. The number of benzene rings is 2. The van der Waals surface area contributed by atoms with Gasteiger partial charge in [0.1, 0.15) is 11.6 Å². The minimum atomic E-state index is -0.600. The number of rotatable bonds is 5. The number of carbonyl (C=O) groups is 2. The lowest BCUT2D eigenvalue weighted by atomic mass is 9.35. The zero-order valence-electron chi connectivity index (χ0n) is 21.0. The lowest BCUT2D eigenvalue weighted by Gasteiger charge is -2.30. The fraction of sp³-hybridized carbons (Fsp3) is 0.500. The van der Waals surface area contributed by atoms with E-state index < -0.39 is 11.6 Å². The first kappa shape index (κ1) is 27.7. The number of halogens is 2. The molecular weight excluding hydrogens is 431 g/mol. The van der Waals surface area contributed by atoms with Crippen LogP contribution in [0.1, 0.15) is 65.4 Å². The zero-order valence-corrected chi connectivity index (χ0v) is 21.0. The van der Waals surface area contributed by atoms with Crippen molar-refractivity contribution in [3.63, 3.8) is 0 Å². The second-order valence-corrected chi connectivity index (χ2v) is 9.25. The van der Waals surface area contributed by atoms with Gasteiger partial charge in [-0.15, -0.1) is 0 Å². The van der Waals surface area contributed by atoms with Crippen LogP contribution in [0.3, 0.4) is 0 Å². The Morgan fingerprint density at radius 3 is 1.94 bits per heavy atom. The van der Waals surface area contributed by atoms with Crippen molar-refractivity contribution in [3.8, 4) is 11.1 Å². The molecule has 1 aliphatic carbocycles. The maximum atomic E-state index is 13.1. The molecule has 3 nitrogen and oxygen atoms in total. The van der Waals surface area contributed by atoms with Gasteiger partial charge in [0.15, 0.2) is 0 Å². The van der Waals surface area contributed by atoms with Gasteiger partial charge < -0.3 is 10.1 Å². The molecule has 1 amide bonds. The van der Waals surface area contributed by atoms with Crippen molar-refractivity contribution in [1.82, 2.24) is 5.32 Å². The summed E-state index contributed by atoms with van der Waals surface area (Å²) in [7, 11) is 0. The highest BCUT2D eigenvalue weighted by Gasteiger charge is 2.35. The number of nitrogens with one attached hydrogen (secondary N) is 1. The molecule has 34 heavy (non-hydrogen) atoms. The number of amides is 1. The highest BCUT2D eigenvalue weighted by Crippen LogP contribution is 2.33. The van der Waals surface area contributed by atoms with Crippen LogP contribution in [-0.4, -0.2) is 18.3 Å². The lowest BCUT2D eigenvalue weighted by molar-refractivity contribution is -0.119. The van der Waals surface area contributed by atoms with Crippen LogP contribution in [0, 0.1) is 23.5 Å². The monoisotopic (exact) mass is 469 g/mol. The van der Waals surface area contributed by atoms with Gasteiger partial charge in [0, 0.05) is 25.5 Å². The van der Waals surface area contributed by atoms with Gasteiger partial charge in [0.25, 0.3) is 0 Å². The third-order valence-corrected chi connectivity index (χ3v) is 6.62. The van der Waals surface area contributed by atoms with Crippen molar-refractivity contribution in [1.29, 1.82) is 0 Å². The van der Waals surface area contributed by atoms with Crippen molar-refractivity contribution in [2.45, 2.75) is 79.0 Å². The SMILES string of the molecule is CC.CC(=O)NCc1ccc(-c2cc(F)cc(F)c2)cc1.CC1CCB(C(=O)C2CCC2)CC1. The summed E-state index contributed by atoms with van der Waals surface area (Å²) in [5.41, 5.74) is 2.75. The molecule has 1 saturated carbocycles. The van der Waals surface area contributed by atoms with E-state index >= 15 is 0 Å². The van der Waals surface area contributed by atoms with Crippen LogP contribution in [-0.2, 0) is 16.1 Å². The molecule has 4 rings (SSSR count). The largest absolute Gasteiger partial charge is 0.352 e. The molecule has 2 fully saturated rings. The summed E-state index contributed by atoms with van der Waals surface area (Å²) in [5, 5.41) is 2.68. The summed E-state index contributed by atoms with van der Waals surface area (Å²) in [6.07, 6.45) is 8.58. The molecule has 0 atom stereocenters. The van der Waals surface area contributed by atoms with Crippen molar-refractivity contribution in [2.75, 3.05) is 0 Å². The third-order valence-electron chi connectivity index (χ3n) is 6.62. The van der Waals surface area contributed by atoms with Crippen LogP contribution in [0.25, 0.3) is 11.1 Å². The van der Waals surface area contributed by atoms with E-state index in [4.69, 9.17) is 0 Å². The molecule has 184 valence electrons. The first-order chi connectivity index (χ1) is 16.3. The molecular formula is C28H38BF2NO2. The van der Waals surface area contributed by atoms with E-state index in [0.29, 0.717) is 30.4 Å². The second-order valence-electron chi connectivity index (χ2n) is 9.25. The first-order valence-corrected chi connectivity index (χ1v) is 12.7. The molecule has 2 aliphatic rings. The Bertz CT molecular complexity index is 900. The molecule has 1 aliphatic heterocycles. The van der Waals surface area contributed by atoms with E-state index in [1.807, 2.05) is 26.0 Å². The average molecular weight is 469 g/mol. The second kappa shape index (κ2) is 14.0. The predicted octanol–water partition coefficient (Wildman–Crippen LogP) is 7.11. The van der Waals surface area contributed by atoms with Crippen LogP contribution in [0.2, 0.25) is 12.6 Å². The highest BCUT2D eigenvalue weighted by atomic mass is 19.1. The smallest absolute Gasteiger partial charge is 0.223 e. The Morgan fingerprint density at radius 1 is 0.912 bits per heavy atom. The zero-order chi connectivity index (χ0) is 25.1. The molecule has 0 radical (unpaired) electrons.